The van der Waals surface area contributed by atoms with Gasteiger partial charge in [0.25, 0.3) is 0 Å². The lowest BCUT2D eigenvalue weighted by Gasteiger charge is -2.34. The van der Waals surface area contributed by atoms with Crippen molar-refractivity contribution in [2.45, 2.75) is 45.3 Å². The van der Waals surface area contributed by atoms with E-state index in [9.17, 15) is 9.90 Å². The zero-order valence-corrected chi connectivity index (χ0v) is 12.4. The predicted molar refractivity (Wildman–Crippen MR) is 74.9 cm³/mol. The van der Waals surface area contributed by atoms with Crippen molar-refractivity contribution in [1.29, 1.82) is 0 Å². The Morgan fingerprint density at radius 3 is 2.74 bits per heavy atom. The number of nitrogens with zero attached hydrogens (tertiary/aromatic N) is 1. The van der Waals surface area contributed by atoms with Gasteiger partial charge in [0, 0.05) is 19.7 Å². The van der Waals surface area contributed by atoms with Gasteiger partial charge in [-0.1, -0.05) is 0 Å². The third-order valence-electron chi connectivity index (χ3n) is 3.29. The molecule has 1 rings (SSSR count). The van der Waals surface area contributed by atoms with E-state index in [1.165, 1.54) is 0 Å². The fourth-order valence-electron chi connectivity index (χ4n) is 2.27. The van der Waals surface area contributed by atoms with Gasteiger partial charge in [0.1, 0.15) is 0 Å². The van der Waals surface area contributed by atoms with Crippen LogP contribution >= 0.6 is 0 Å². The molecule has 0 heterocycles. The van der Waals surface area contributed by atoms with Gasteiger partial charge in [0.2, 0.25) is 5.91 Å². The Morgan fingerprint density at radius 1 is 1.47 bits per heavy atom. The van der Waals surface area contributed by atoms with Crippen LogP contribution in [-0.2, 0) is 9.53 Å². The highest BCUT2D eigenvalue weighted by Crippen LogP contribution is 2.27. The first kappa shape index (κ1) is 16.4. The number of aliphatic hydroxyl groups excluding tert-OH is 1. The third kappa shape index (κ3) is 7.50. The van der Waals surface area contributed by atoms with Gasteiger partial charge < -0.3 is 15.2 Å². The van der Waals surface area contributed by atoms with Crippen molar-refractivity contribution in [3.63, 3.8) is 0 Å². The van der Waals surface area contributed by atoms with E-state index in [4.69, 9.17) is 4.74 Å². The first-order chi connectivity index (χ1) is 8.97. The highest BCUT2D eigenvalue weighted by atomic mass is 16.5. The van der Waals surface area contributed by atoms with Crippen molar-refractivity contribution >= 4 is 5.91 Å². The lowest BCUT2D eigenvalue weighted by atomic mass is 9.82. The fourth-order valence-corrected chi connectivity index (χ4v) is 2.27. The molecule has 0 aromatic heterocycles. The molecule has 0 radical (unpaired) electrons. The van der Waals surface area contributed by atoms with E-state index < -0.39 is 0 Å². The lowest BCUT2D eigenvalue weighted by Crippen LogP contribution is -2.41. The molecule has 1 saturated carbocycles. The molecule has 0 saturated heterocycles. The molecule has 2 N–H and O–H groups in total. The number of ether oxygens (including phenoxy) is 1. The summed E-state index contributed by atoms with van der Waals surface area (Å²) in [5.74, 6) is 0.610. The lowest BCUT2D eigenvalue weighted by molar-refractivity contribution is -0.122. The number of rotatable bonds is 9. The summed E-state index contributed by atoms with van der Waals surface area (Å²) in [5.41, 5.74) is 0. The number of carbonyl (C=O) groups is 1. The first-order valence-corrected chi connectivity index (χ1v) is 7.22. The third-order valence-corrected chi connectivity index (χ3v) is 3.29. The van der Waals surface area contributed by atoms with E-state index in [1.54, 1.807) is 0 Å². The molecule has 0 unspecified atom stereocenters. The quantitative estimate of drug-likeness (QED) is 0.604. The van der Waals surface area contributed by atoms with Crippen LogP contribution < -0.4 is 5.32 Å². The SMILES string of the molecule is CC(C)OCCCNC(=O)CN(C)CC1CC(O)C1. The zero-order chi connectivity index (χ0) is 14.3. The standard InChI is InChI=1S/C14H28N2O3/c1-11(2)19-6-4-5-15-14(18)10-16(3)9-12-7-13(17)8-12/h11-13,17H,4-10H2,1-3H3,(H,15,18). The van der Waals surface area contributed by atoms with E-state index in [-0.39, 0.29) is 18.1 Å². The van der Waals surface area contributed by atoms with E-state index in [0.29, 0.717) is 25.6 Å². The Balaban J connectivity index is 1.97. The molecule has 0 aromatic carbocycles. The Hall–Kier alpha value is -0.650. The Morgan fingerprint density at radius 2 is 2.16 bits per heavy atom. The number of nitrogens with one attached hydrogen (secondary N) is 1. The minimum Gasteiger partial charge on any atom is -0.393 e. The molecule has 0 atom stereocenters. The molecule has 5 heteroatoms. The average molecular weight is 272 g/mol. The smallest absolute Gasteiger partial charge is 0.234 e. The molecule has 0 bridgehead atoms. The number of hydrogen-bond donors (Lipinski definition) is 2. The van der Waals surface area contributed by atoms with Crippen molar-refractivity contribution in [2.24, 2.45) is 5.92 Å². The largest absolute Gasteiger partial charge is 0.393 e. The molecular weight excluding hydrogens is 244 g/mol. The van der Waals surface area contributed by atoms with Crippen LogP contribution in [0.5, 0.6) is 0 Å². The Kier molecular flexibility index (Phi) is 7.34. The number of aliphatic hydroxyl groups is 1. The second-order valence-electron chi connectivity index (χ2n) is 5.81. The summed E-state index contributed by atoms with van der Waals surface area (Å²) in [4.78, 5) is 13.7. The maximum Gasteiger partial charge on any atom is 0.234 e. The minimum atomic E-state index is -0.117. The van der Waals surface area contributed by atoms with Crippen molar-refractivity contribution in [3.8, 4) is 0 Å². The topological polar surface area (TPSA) is 61.8 Å². The Labute approximate surface area is 116 Å². The van der Waals surface area contributed by atoms with Crippen LogP contribution in [0.2, 0.25) is 0 Å². The van der Waals surface area contributed by atoms with Gasteiger partial charge >= 0.3 is 0 Å². The molecule has 19 heavy (non-hydrogen) atoms. The molecule has 0 aromatic rings. The minimum absolute atomic E-state index is 0.0620. The average Bonchev–Trinajstić information content (AvgIpc) is 2.25. The number of likely N-dealkylation sites (N-methyl/N-ethyl adjacent to an activating group) is 1. The van der Waals surface area contributed by atoms with E-state index in [2.05, 4.69) is 5.32 Å². The van der Waals surface area contributed by atoms with Crippen LogP contribution in [0.4, 0.5) is 0 Å². The van der Waals surface area contributed by atoms with Crippen molar-refractivity contribution in [2.75, 3.05) is 33.3 Å². The van der Waals surface area contributed by atoms with Gasteiger partial charge in [0.15, 0.2) is 0 Å². The highest BCUT2D eigenvalue weighted by molar-refractivity contribution is 5.77. The molecule has 1 fully saturated rings. The van der Waals surface area contributed by atoms with Gasteiger partial charge in [-0.05, 0) is 46.1 Å². The Bertz CT molecular complexity index is 265. The highest BCUT2D eigenvalue weighted by Gasteiger charge is 2.28. The number of amides is 1. The van der Waals surface area contributed by atoms with Crippen molar-refractivity contribution < 1.29 is 14.6 Å². The maximum atomic E-state index is 11.7. The maximum absolute atomic E-state index is 11.7. The van der Waals surface area contributed by atoms with Gasteiger partial charge in [0.05, 0.1) is 18.8 Å². The molecule has 112 valence electrons. The van der Waals surface area contributed by atoms with Crippen LogP contribution in [0, 0.1) is 5.92 Å². The summed E-state index contributed by atoms with van der Waals surface area (Å²) in [6.45, 7) is 6.68. The monoisotopic (exact) mass is 272 g/mol. The van der Waals surface area contributed by atoms with Crippen molar-refractivity contribution in [1.82, 2.24) is 10.2 Å². The second kappa shape index (κ2) is 8.51. The summed E-state index contributed by atoms with van der Waals surface area (Å²) in [5, 5.41) is 12.1. The van der Waals surface area contributed by atoms with E-state index in [1.807, 2.05) is 25.8 Å². The van der Waals surface area contributed by atoms with Crippen LogP contribution in [0.15, 0.2) is 0 Å². The van der Waals surface area contributed by atoms with E-state index in [0.717, 1.165) is 25.8 Å². The molecule has 0 spiro atoms. The zero-order valence-electron chi connectivity index (χ0n) is 12.4. The van der Waals surface area contributed by atoms with Crippen molar-refractivity contribution in [3.05, 3.63) is 0 Å². The van der Waals surface area contributed by atoms with Gasteiger partial charge in [-0.3, -0.25) is 9.69 Å². The normalized spacial score (nSPS) is 22.6. The second-order valence-corrected chi connectivity index (χ2v) is 5.81. The summed E-state index contributed by atoms with van der Waals surface area (Å²) in [6.07, 6.45) is 2.73. The number of carbonyl (C=O) groups excluding carboxylic acids is 1. The summed E-state index contributed by atoms with van der Waals surface area (Å²) < 4.78 is 5.40. The molecular formula is C14H28N2O3. The predicted octanol–water partition coefficient (Wildman–Crippen LogP) is 0.620. The van der Waals surface area contributed by atoms with Gasteiger partial charge in [-0.2, -0.15) is 0 Å². The molecule has 1 aliphatic carbocycles. The first-order valence-electron chi connectivity index (χ1n) is 7.22. The van der Waals surface area contributed by atoms with Crippen LogP contribution in [0.1, 0.15) is 33.1 Å². The molecule has 1 aliphatic rings. The molecule has 5 nitrogen and oxygen atoms in total. The van der Waals surface area contributed by atoms with Crippen LogP contribution in [0.3, 0.4) is 0 Å². The van der Waals surface area contributed by atoms with Gasteiger partial charge in [-0.15, -0.1) is 0 Å². The van der Waals surface area contributed by atoms with Crippen LogP contribution in [-0.4, -0.2) is 61.4 Å². The van der Waals surface area contributed by atoms with E-state index >= 15 is 0 Å². The summed E-state index contributed by atoms with van der Waals surface area (Å²) >= 11 is 0. The summed E-state index contributed by atoms with van der Waals surface area (Å²) in [6, 6.07) is 0. The molecule has 1 amide bonds. The van der Waals surface area contributed by atoms with Crippen LogP contribution in [0.25, 0.3) is 0 Å². The fraction of sp³-hybridized carbons (Fsp3) is 0.929. The molecule has 0 aliphatic heterocycles. The number of hydrogen-bond acceptors (Lipinski definition) is 4. The van der Waals surface area contributed by atoms with Gasteiger partial charge in [-0.25, -0.2) is 0 Å². The summed E-state index contributed by atoms with van der Waals surface area (Å²) in [7, 11) is 1.95.